The van der Waals surface area contributed by atoms with Gasteiger partial charge in [0.25, 0.3) is 11.8 Å². The number of para-hydroxylation sites is 1. The zero-order valence-corrected chi connectivity index (χ0v) is 20.7. The number of imide groups is 2. The lowest BCUT2D eigenvalue weighted by atomic mass is 10.1. The number of nitrogens with one attached hydrogen (secondary N) is 1. The van der Waals surface area contributed by atoms with Gasteiger partial charge in [-0.3, -0.25) is 19.8 Å². The van der Waals surface area contributed by atoms with E-state index in [1.165, 1.54) is 13.2 Å². The van der Waals surface area contributed by atoms with E-state index in [0.29, 0.717) is 41.6 Å². The van der Waals surface area contributed by atoms with Gasteiger partial charge in [0.15, 0.2) is 11.5 Å². The number of carbonyl (C=O) groups excluding carboxylic acids is 3. The summed E-state index contributed by atoms with van der Waals surface area (Å²) in [5, 5.41) is 2.26. The van der Waals surface area contributed by atoms with Crippen LogP contribution in [0.4, 0.5) is 4.79 Å². The van der Waals surface area contributed by atoms with E-state index in [1.54, 1.807) is 36.4 Å². The predicted molar refractivity (Wildman–Crippen MR) is 138 cm³/mol. The number of benzene rings is 3. The number of methoxy groups -OCH3 is 1. The fourth-order valence-electron chi connectivity index (χ4n) is 3.78. The van der Waals surface area contributed by atoms with Gasteiger partial charge in [0.05, 0.1) is 20.3 Å². The quantitative estimate of drug-likeness (QED) is 0.320. The molecule has 0 atom stereocenters. The molecular formula is C29H28N2O6. The summed E-state index contributed by atoms with van der Waals surface area (Å²) in [5.74, 6) is 0.120. The average Bonchev–Trinajstić information content (AvgIpc) is 2.92. The highest BCUT2D eigenvalue weighted by atomic mass is 16.5. The Labute approximate surface area is 215 Å². The summed E-state index contributed by atoms with van der Waals surface area (Å²) < 4.78 is 17.0. The lowest BCUT2D eigenvalue weighted by Crippen LogP contribution is -2.53. The third-order valence-corrected chi connectivity index (χ3v) is 5.67. The number of barbiturate groups is 1. The van der Waals surface area contributed by atoms with E-state index in [4.69, 9.17) is 14.2 Å². The summed E-state index contributed by atoms with van der Waals surface area (Å²) in [4.78, 5) is 39.5. The van der Waals surface area contributed by atoms with Crippen molar-refractivity contribution in [2.45, 2.75) is 26.5 Å². The minimum absolute atomic E-state index is 0.0497. The fourth-order valence-corrected chi connectivity index (χ4v) is 3.78. The first-order valence-electron chi connectivity index (χ1n) is 11.9. The van der Waals surface area contributed by atoms with Gasteiger partial charge in [-0.1, -0.05) is 61.5 Å². The van der Waals surface area contributed by atoms with E-state index in [9.17, 15) is 14.4 Å². The first kappa shape index (κ1) is 25.5. The van der Waals surface area contributed by atoms with Crippen molar-refractivity contribution in [3.05, 3.63) is 95.1 Å². The maximum atomic E-state index is 13.3. The first-order valence-corrected chi connectivity index (χ1v) is 11.9. The minimum Gasteiger partial charge on any atom is -0.493 e. The van der Waals surface area contributed by atoms with Crippen LogP contribution in [0, 0.1) is 0 Å². The number of hydrogen-bond donors (Lipinski definition) is 1. The molecule has 0 saturated carbocycles. The molecule has 1 aliphatic heterocycles. The summed E-state index contributed by atoms with van der Waals surface area (Å²) >= 11 is 0. The molecule has 3 aromatic rings. The van der Waals surface area contributed by atoms with Crippen molar-refractivity contribution in [2.75, 3.05) is 13.7 Å². The van der Waals surface area contributed by atoms with E-state index < -0.39 is 17.8 Å². The van der Waals surface area contributed by atoms with E-state index in [2.05, 4.69) is 5.32 Å². The number of nitrogens with zero attached hydrogens (tertiary/aromatic N) is 1. The Morgan fingerprint density at radius 2 is 1.59 bits per heavy atom. The smallest absolute Gasteiger partial charge is 0.331 e. The Hall–Kier alpha value is -4.59. The molecule has 8 heteroatoms. The highest BCUT2D eigenvalue weighted by Crippen LogP contribution is 2.30. The van der Waals surface area contributed by atoms with E-state index in [1.807, 2.05) is 43.3 Å². The topological polar surface area (TPSA) is 94.2 Å². The summed E-state index contributed by atoms with van der Waals surface area (Å²) in [7, 11) is 1.52. The Morgan fingerprint density at radius 3 is 2.35 bits per heavy atom. The van der Waals surface area contributed by atoms with Crippen LogP contribution in [0.3, 0.4) is 0 Å². The van der Waals surface area contributed by atoms with Crippen LogP contribution in [-0.4, -0.2) is 36.5 Å². The maximum Gasteiger partial charge on any atom is 0.331 e. The predicted octanol–water partition coefficient (Wildman–Crippen LogP) is 4.73. The Balaban J connectivity index is 1.56. The van der Waals surface area contributed by atoms with Crippen molar-refractivity contribution in [3.63, 3.8) is 0 Å². The molecule has 37 heavy (non-hydrogen) atoms. The number of carbonyl (C=O) groups is 3. The molecule has 0 spiro atoms. The second kappa shape index (κ2) is 11.9. The van der Waals surface area contributed by atoms with Crippen LogP contribution in [0.5, 0.6) is 17.2 Å². The molecule has 0 aromatic heterocycles. The molecule has 1 aliphatic rings. The molecule has 3 aromatic carbocycles. The van der Waals surface area contributed by atoms with Crippen molar-refractivity contribution < 1.29 is 28.6 Å². The lowest BCUT2D eigenvalue weighted by Gasteiger charge is -2.26. The summed E-state index contributed by atoms with van der Waals surface area (Å²) in [6, 6.07) is 21.2. The molecular weight excluding hydrogens is 472 g/mol. The van der Waals surface area contributed by atoms with Gasteiger partial charge in [0.1, 0.15) is 17.9 Å². The molecule has 1 fully saturated rings. The average molecular weight is 501 g/mol. The van der Waals surface area contributed by atoms with E-state index in [0.717, 1.165) is 16.9 Å². The maximum absolute atomic E-state index is 13.3. The van der Waals surface area contributed by atoms with E-state index in [-0.39, 0.29) is 12.1 Å². The second-order valence-electron chi connectivity index (χ2n) is 8.35. The Bertz CT molecular complexity index is 1320. The van der Waals surface area contributed by atoms with Crippen molar-refractivity contribution in [1.82, 2.24) is 10.2 Å². The molecule has 0 radical (unpaired) electrons. The highest BCUT2D eigenvalue weighted by Gasteiger charge is 2.36. The second-order valence-corrected chi connectivity index (χ2v) is 8.35. The van der Waals surface area contributed by atoms with Crippen LogP contribution in [0.1, 0.15) is 30.0 Å². The number of ether oxygens (including phenoxy) is 3. The number of amides is 4. The number of urea groups is 1. The molecule has 0 unspecified atom stereocenters. The number of hydrogen-bond acceptors (Lipinski definition) is 6. The van der Waals surface area contributed by atoms with Gasteiger partial charge in [-0.05, 0) is 41.8 Å². The van der Waals surface area contributed by atoms with Gasteiger partial charge in [-0.25, -0.2) is 4.79 Å². The van der Waals surface area contributed by atoms with Crippen LogP contribution >= 0.6 is 0 Å². The first-order chi connectivity index (χ1) is 18.0. The van der Waals surface area contributed by atoms with Crippen LogP contribution in [0.15, 0.2) is 78.4 Å². The van der Waals surface area contributed by atoms with Gasteiger partial charge >= 0.3 is 6.03 Å². The van der Waals surface area contributed by atoms with Gasteiger partial charge in [0, 0.05) is 5.56 Å². The Kier molecular flexibility index (Phi) is 8.20. The van der Waals surface area contributed by atoms with Crippen LogP contribution < -0.4 is 19.5 Å². The minimum atomic E-state index is -0.786. The molecule has 4 amide bonds. The fraction of sp³-hybridized carbons (Fsp3) is 0.207. The van der Waals surface area contributed by atoms with Crippen molar-refractivity contribution >= 4 is 23.9 Å². The van der Waals surface area contributed by atoms with E-state index >= 15 is 0 Å². The van der Waals surface area contributed by atoms with Gasteiger partial charge in [-0.2, -0.15) is 0 Å². The lowest BCUT2D eigenvalue weighted by molar-refractivity contribution is -0.130. The third kappa shape index (κ3) is 6.16. The molecule has 0 bridgehead atoms. The van der Waals surface area contributed by atoms with Crippen LogP contribution in [0.25, 0.3) is 6.08 Å². The molecule has 1 N–H and O–H groups in total. The molecule has 8 nitrogen and oxygen atoms in total. The van der Waals surface area contributed by atoms with Crippen LogP contribution in [0.2, 0.25) is 0 Å². The largest absolute Gasteiger partial charge is 0.493 e. The number of rotatable bonds is 10. The zero-order valence-electron chi connectivity index (χ0n) is 20.7. The molecule has 0 aliphatic carbocycles. The standard InChI is InChI=1S/C29H28N2O6/c1-3-15-36-25-14-13-21(16-26(25)35-2)18-31-28(33)23(27(32)30-29(31)34)17-22-11-7-8-12-24(22)37-19-20-9-5-4-6-10-20/h4-14,16-17H,3,15,18-19H2,1-2H3,(H,30,32,34)/b23-17+. The van der Waals surface area contributed by atoms with Crippen molar-refractivity contribution in [3.8, 4) is 17.2 Å². The zero-order chi connectivity index (χ0) is 26.2. The molecule has 1 saturated heterocycles. The normalized spacial score (nSPS) is 14.5. The molecule has 190 valence electrons. The molecule has 1 heterocycles. The monoisotopic (exact) mass is 500 g/mol. The SMILES string of the molecule is CCCOc1ccc(CN2C(=O)NC(=O)/C(=C\c3ccccc3OCc3ccccc3)C2=O)cc1OC. The molecule has 4 rings (SSSR count). The highest BCUT2D eigenvalue weighted by molar-refractivity contribution is 6.31. The van der Waals surface area contributed by atoms with Crippen LogP contribution in [-0.2, 0) is 22.7 Å². The Morgan fingerprint density at radius 1 is 0.838 bits per heavy atom. The van der Waals surface area contributed by atoms with Gasteiger partial charge in [0.2, 0.25) is 0 Å². The van der Waals surface area contributed by atoms with Gasteiger partial charge < -0.3 is 14.2 Å². The summed E-state index contributed by atoms with van der Waals surface area (Å²) in [6.07, 6.45) is 2.29. The third-order valence-electron chi connectivity index (χ3n) is 5.67. The summed E-state index contributed by atoms with van der Waals surface area (Å²) in [6.45, 7) is 2.81. The van der Waals surface area contributed by atoms with Crippen molar-refractivity contribution in [1.29, 1.82) is 0 Å². The summed E-state index contributed by atoms with van der Waals surface area (Å²) in [5.41, 5.74) is 2.01. The van der Waals surface area contributed by atoms with Gasteiger partial charge in [-0.15, -0.1) is 0 Å². The van der Waals surface area contributed by atoms with Crippen molar-refractivity contribution in [2.24, 2.45) is 0 Å².